The number of nitrogens with one attached hydrogen (secondary N) is 2. The van der Waals surface area contributed by atoms with Crippen LogP contribution < -0.4 is 15.5 Å². The molecule has 1 unspecified atom stereocenters. The van der Waals surface area contributed by atoms with E-state index in [1.807, 2.05) is 11.0 Å². The molecule has 2 heterocycles. The Labute approximate surface area is 201 Å². The number of rotatable bonds is 10. The summed E-state index contributed by atoms with van der Waals surface area (Å²) in [7, 11) is 1.77. The molecule has 0 saturated carbocycles. The van der Waals surface area contributed by atoms with Gasteiger partial charge in [-0.3, -0.25) is 4.99 Å². The van der Waals surface area contributed by atoms with Gasteiger partial charge in [0.25, 0.3) is 0 Å². The third-order valence-corrected chi connectivity index (χ3v) is 5.18. The van der Waals surface area contributed by atoms with Gasteiger partial charge in [-0.25, -0.2) is 9.37 Å². The van der Waals surface area contributed by atoms with E-state index in [9.17, 15) is 4.39 Å². The fraction of sp³-hybridized carbons (Fsp3) is 0.478. The van der Waals surface area contributed by atoms with Gasteiger partial charge < -0.3 is 20.3 Å². The number of pyridine rings is 1. The molecule has 1 aromatic carbocycles. The van der Waals surface area contributed by atoms with Crippen LogP contribution in [0.4, 0.5) is 10.2 Å². The highest BCUT2D eigenvalue weighted by Gasteiger charge is 2.25. The lowest BCUT2D eigenvalue weighted by molar-refractivity contribution is 0.133. The molecule has 31 heavy (non-hydrogen) atoms. The second-order valence-electron chi connectivity index (χ2n) is 7.44. The summed E-state index contributed by atoms with van der Waals surface area (Å²) in [6.45, 7) is 3.86. The van der Waals surface area contributed by atoms with Gasteiger partial charge >= 0.3 is 0 Å². The molecule has 0 amide bonds. The maximum Gasteiger partial charge on any atom is 0.191 e. The first-order chi connectivity index (χ1) is 14.8. The van der Waals surface area contributed by atoms with Gasteiger partial charge in [0.2, 0.25) is 0 Å². The Hall–Kier alpha value is -1.94. The number of aromatic nitrogens is 1. The minimum absolute atomic E-state index is 0. The normalized spacial score (nSPS) is 16.1. The van der Waals surface area contributed by atoms with E-state index in [-0.39, 0.29) is 35.8 Å². The number of guanidine groups is 1. The van der Waals surface area contributed by atoms with E-state index in [2.05, 4.69) is 44.9 Å². The van der Waals surface area contributed by atoms with E-state index in [0.29, 0.717) is 12.4 Å². The van der Waals surface area contributed by atoms with Crippen LogP contribution in [0.15, 0.2) is 53.7 Å². The first-order valence-electron chi connectivity index (χ1n) is 10.7. The summed E-state index contributed by atoms with van der Waals surface area (Å²) in [4.78, 5) is 10.4. The van der Waals surface area contributed by atoms with Gasteiger partial charge in [0.1, 0.15) is 0 Å². The standard InChI is InChI=1S/C23H32FN5O.HI/c1-25-23(27-13-5-6-16-30-17-12-19-8-3-2-4-9-19)28-20-11-15-29(18-20)22-21(24)10-7-14-26-22;/h2-4,7-10,14,20H,5-6,11-13,15-18H2,1H3,(H2,25,27,28);1H. The zero-order valence-corrected chi connectivity index (χ0v) is 20.4. The molecule has 0 aliphatic carbocycles. The highest BCUT2D eigenvalue weighted by Crippen LogP contribution is 2.20. The van der Waals surface area contributed by atoms with Crippen molar-refractivity contribution in [3.05, 3.63) is 60.0 Å². The van der Waals surface area contributed by atoms with Crippen LogP contribution in [0.1, 0.15) is 24.8 Å². The van der Waals surface area contributed by atoms with Gasteiger partial charge in [-0.1, -0.05) is 30.3 Å². The molecule has 2 aromatic rings. The molecule has 170 valence electrons. The lowest BCUT2D eigenvalue weighted by Crippen LogP contribution is -2.45. The smallest absolute Gasteiger partial charge is 0.191 e. The Morgan fingerprint density at radius 2 is 2.03 bits per heavy atom. The minimum Gasteiger partial charge on any atom is -0.381 e. The third kappa shape index (κ3) is 8.60. The number of halogens is 2. The monoisotopic (exact) mass is 541 g/mol. The number of ether oxygens (including phenoxy) is 1. The van der Waals surface area contributed by atoms with Gasteiger partial charge in [0, 0.05) is 45.5 Å². The van der Waals surface area contributed by atoms with Crippen LogP contribution in [0, 0.1) is 5.82 Å². The molecule has 1 atom stereocenters. The lowest BCUT2D eigenvalue weighted by atomic mass is 10.2. The number of benzene rings is 1. The van der Waals surface area contributed by atoms with Gasteiger partial charge in [0.15, 0.2) is 17.6 Å². The lowest BCUT2D eigenvalue weighted by Gasteiger charge is -2.20. The summed E-state index contributed by atoms with van der Waals surface area (Å²) in [6, 6.07) is 13.7. The Kier molecular flexibility index (Phi) is 11.6. The quantitative estimate of drug-likeness (QED) is 0.208. The van der Waals surface area contributed by atoms with Crippen LogP contribution >= 0.6 is 24.0 Å². The van der Waals surface area contributed by atoms with Gasteiger partial charge in [-0.05, 0) is 43.4 Å². The molecule has 2 N–H and O–H groups in total. The third-order valence-electron chi connectivity index (χ3n) is 5.18. The Morgan fingerprint density at radius 3 is 2.81 bits per heavy atom. The molecule has 8 heteroatoms. The van der Waals surface area contributed by atoms with Crippen LogP contribution in [0.25, 0.3) is 0 Å². The fourth-order valence-corrected chi connectivity index (χ4v) is 3.54. The minimum atomic E-state index is -0.272. The van der Waals surface area contributed by atoms with Crippen molar-refractivity contribution in [3.8, 4) is 0 Å². The molecular weight excluding hydrogens is 508 g/mol. The van der Waals surface area contributed by atoms with Crippen molar-refractivity contribution < 1.29 is 9.13 Å². The van der Waals surface area contributed by atoms with E-state index < -0.39 is 0 Å². The van der Waals surface area contributed by atoms with Crippen LogP contribution in [-0.2, 0) is 11.2 Å². The maximum atomic E-state index is 13.9. The molecule has 0 bridgehead atoms. The SMILES string of the molecule is CN=C(NCCCCOCCc1ccccc1)NC1CCN(c2ncccc2F)C1.I. The van der Waals surface area contributed by atoms with Gasteiger partial charge in [-0.2, -0.15) is 0 Å². The van der Waals surface area contributed by atoms with E-state index in [1.54, 1.807) is 19.3 Å². The van der Waals surface area contributed by atoms with E-state index in [4.69, 9.17) is 4.74 Å². The van der Waals surface area contributed by atoms with Crippen molar-refractivity contribution in [3.63, 3.8) is 0 Å². The molecule has 1 aliphatic rings. The van der Waals surface area contributed by atoms with E-state index in [0.717, 1.165) is 57.9 Å². The highest BCUT2D eigenvalue weighted by molar-refractivity contribution is 14.0. The zero-order chi connectivity index (χ0) is 21.0. The predicted octanol–water partition coefficient (Wildman–Crippen LogP) is 3.62. The molecular formula is C23H33FIN5O. The van der Waals surface area contributed by atoms with E-state index >= 15 is 0 Å². The number of anilines is 1. The predicted molar refractivity (Wildman–Crippen MR) is 135 cm³/mol. The number of aliphatic imine (C=N–C) groups is 1. The van der Waals surface area contributed by atoms with Crippen molar-refractivity contribution in [1.82, 2.24) is 15.6 Å². The average Bonchev–Trinajstić information content (AvgIpc) is 3.24. The van der Waals surface area contributed by atoms with Crippen LogP contribution in [0.5, 0.6) is 0 Å². The van der Waals surface area contributed by atoms with Crippen molar-refractivity contribution in [2.75, 3.05) is 44.8 Å². The van der Waals surface area contributed by atoms with Crippen molar-refractivity contribution in [1.29, 1.82) is 0 Å². The summed E-state index contributed by atoms with van der Waals surface area (Å²) >= 11 is 0. The summed E-state index contributed by atoms with van der Waals surface area (Å²) in [5, 5.41) is 6.78. The average molecular weight is 541 g/mol. The summed E-state index contributed by atoms with van der Waals surface area (Å²) in [5.74, 6) is 0.942. The molecule has 1 fully saturated rings. The number of hydrogen-bond acceptors (Lipinski definition) is 4. The molecule has 1 aromatic heterocycles. The van der Waals surface area contributed by atoms with Crippen LogP contribution in [0.2, 0.25) is 0 Å². The molecule has 1 saturated heterocycles. The van der Waals surface area contributed by atoms with E-state index in [1.165, 1.54) is 11.6 Å². The first-order valence-corrected chi connectivity index (χ1v) is 10.7. The Balaban J connectivity index is 0.00000341. The first kappa shape index (κ1) is 25.3. The second-order valence-corrected chi connectivity index (χ2v) is 7.44. The number of hydrogen-bond donors (Lipinski definition) is 2. The molecule has 1 aliphatic heterocycles. The molecule has 6 nitrogen and oxygen atoms in total. The van der Waals surface area contributed by atoms with Gasteiger partial charge in [0.05, 0.1) is 6.61 Å². The second kappa shape index (κ2) is 14.2. The van der Waals surface area contributed by atoms with Crippen molar-refractivity contribution in [2.45, 2.75) is 31.7 Å². The molecule has 0 spiro atoms. The van der Waals surface area contributed by atoms with Crippen LogP contribution in [-0.4, -0.2) is 56.9 Å². The van der Waals surface area contributed by atoms with Crippen LogP contribution in [0.3, 0.4) is 0 Å². The van der Waals surface area contributed by atoms with Gasteiger partial charge in [-0.15, -0.1) is 24.0 Å². The fourth-order valence-electron chi connectivity index (χ4n) is 3.54. The topological polar surface area (TPSA) is 61.8 Å². The van der Waals surface area contributed by atoms with Crippen molar-refractivity contribution in [2.24, 2.45) is 4.99 Å². The summed E-state index contributed by atoms with van der Waals surface area (Å²) in [6.07, 6.45) is 5.53. The highest BCUT2D eigenvalue weighted by atomic mass is 127. The molecule has 3 rings (SSSR count). The number of nitrogens with zero attached hydrogens (tertiary/aromatic N) is 3. The maximum absolute atomic E-state index is 13.9. The summed E-state index contributed by atoms with van der Waals surface area (Å²) in [5.41, 5.74) is 1.31. The number of unbranched alkanes of at least 4 members (excludes halogenated alkanes) is 1. The van der Waals surface area contributed by atoms with Crippen molar-refractivity contribution >= 4 is 35.8 Å². The summed E-state index contributed by atoms with van der Waals surface area (Å²) < 4.78 is 19.7. The largest absolute Gasteiger partial charge is 0.381 e. The Bertz CT molecular complexity index is 793. The molecule has 0 radical (unpaired) electrons. The Morgan fingerprint density at radius 1 is 1.19 bits per heavy atom. The zero-order valence-electron chi connectivity index (χ0n) is 18.1.